The maximum absolute atomic E-state index is 15.3. The molecule has 2 N–H and O–H groups in total. The van der Waals surface area contributed by atoms with E-state index in [1.165, 1.54) is 42.2 Å². The molecule has 2 aromatic heterocycles. The van der Waals surface area contributed by atoms with Crippen molar-refractivity contribution < 1.29 is 40.2 Å². The highest BCUT2D eigenvalue weighted by atomic mass is 32.2. The fraction of sp³-hybridized carbons (Fsp3) is 0.263. The standard InChI is InChI=1S/C38H34F4N6O5S/c39-28-13-5-4-10-24(28)22-54(50,51)47-35-29(40)20-32(33(41)34(35)42)52-36-27(12-6-15-43-36)30-14-16-44-37(46-30)45-26-11-7-17-48(21-26)38(49)53-31-19-25(31)18-23-8-2-1-3-9-23/h1-6,8-10,12-16,20,25-26,31,47H,7,11,17-19,21-22H2,(H,44,45,46). The molecule has 7 rings (SSSR count). The number of aromatic nitrogens is 3. The van der Waals surface area contributed by atoms with Crippen molar-refractivity contribution in [3.8, 4) is 22.9 Å². The summed E-state index contributed by atoms with van der Waals surface area (Å²) in [5, 5.41) is 3.25. The topological polar surface area (TPSA) is 136 Å². The van der Waals surface area contributed by atoms with Gasteiger partial charge in [0.25, 0.3) is 0 Å². The zero-order chi connectivity index (χ0) is 37.8. The van der Waals surface area contributed by atoms with Gasteiger partial charge in [-0.3, -0.25) is 4.72 Å². The molecule has 1 saturated carbocycles. The fourth-order valence-electron chi connectivity index (χ4n) is 6.25. The molecule has 3 heterocycles. The Bertz CT molecular complexity index is 2270. The Morgan fingerprint density at radius 1 is 0.907 bits per heavy atom. The number of ether oxygens (including phenoxy) is 2. The average Bonchev–Trinajstić information content (AvgIpc) is 3.90. The number of nitrogens with one attached hydrogen (secondary N) is 2. The SMILES string of the molecule is O=C(OC1CC1Cc1ccccc1)N1CCCC(Nc2nccc(-c3cccnc3Oc3cc(F)c(NS(=O)(=O)Cc4ccccc4F)c(F)c3F)n2)C1. The number of amides is 1. The molecular formula is C38H34F4N6O5S. The molecule has 2 fully saturated rings. The molecule has 1 amide bonds. The highest BCUT2D eigenvalue weighted by Crippen LogP contribution is 2.38. The molecule has 1 saturated heterocycles. The van der Waals surface area contributed by atoms with Crippen LogP contribution >= 0.6 is 0 Å². The van der Waals surface area contributed by atoms with E-state index in [2.05, 4.69) is 32.4 Å². The number of carbonyl (C=O) groups is 1. The molecule has 0 spiro atoms. The average molecular weight is 763 g/mol. The van der Waals surface area contributed by atoms with Gasteiger partial charge < -0.3 is 19.7 Å². The van der Waals surface area contributed by atoms with E-state index in [1.54, 1.807) is 21.8 Å². The number of likely N-dealkylation sites (tertiary alicyclic amines) is 1. The molecule has 3 atom stereocenters. The van der Waals surface area contributed by atoms with Gasteiger partial charge in [0.15, 0.2) is 17.4 Å². The third-order valence-electron chi connectivity index (χ3n) is 9.06. The number of pyridine rings is 1. The molecule has 3 unspecified atom stereocenters. The van der Waals surface area contributed by atoms with Crippen LogP contribution in [0.3, 0.4) is 0 Å². The molecule has 3 aromatic carbocycles. The lowest BCUT2D eigenvalue weighted by molar-refractivity contribution is 0.0829. The molecule has 2 aliphatic rings. The minimum atomic E-state index is -4.56. The van der Waals surface area contributed by atoms with Crippen LogP contribution in [0.1, 0.15) is 30.4 Å². The largest absolute Gasteiger partial charge is 0.446 e. The first-order chi connectivity index (χ1) is 26.0. The van der Waals surface area contributed by atoms with Gasteiger partial charge in [0.1, 0.15) is 17.6 Å². The van der Waals surface area contributed by atoms with Crippen molar-refractivity contribution in [3.05, 3.63) is 126 Å². The fourth-order valence-corrected chi connectivity index (χ4v) is 7.46. The summed E-state index contributed by atoms with van der Waals surface area (Å²) in [4.78, 5) is 27.6. The van der Waals surface area contributed by atoms with Gasteiger partial charge in [0.2, 0.25) is 27.7 Å². The van der Waals surface area contributed by atoms with Gasteiger partial charge in [-0.15, -0.1) is 0 Å². The molecule has 1 aliphatic carbocycles. The number of benzene rings is 3. The Kier molecular flexibility index (Phi) is 10.6. The van der Waals surface area contributed by atoms with Crippen LogP contribution in [0.4, 0.5) is 34.0 Å². The van der Waals surface area contributed by atoms with Crippen LogP contribution in [0, 0.1) is 29.2 Å². The monoisotopic (exact) mass is 762 g/mol. The molecule has 5 aromatic rings. The van der Waals surface area contributed by atoms with Crippen LogP contribution in [-0.2, 0) is 26.9 Å². The van der Waals surface area contributed by atoms with Crippen molar-refractivity contribution >= 4 is 27.8 Å². The predicted octanol–water partition coefficient (Wildman–Crippen LogP) is 7.47. The Hall–Kier alpha value is -5.77. The Morgan fingerprint density at radius 3 is 2.52 bits per heavy atom. The number of rotatable bonds is 12. The quantitative estimate of drug-likeness (QED) is 0.0980. The summed E-state index contributed by atoms with van der Waals surface area (Å²) in [7, 11) is -4.56. The van der Waals surface area contributed by atoms with Crippen LogP contribution in [0.15, 0.2) is 91.3 Å². The Balaban J connectivity index is 1.00. The van der Waals surface area contributed by atoms with Crippen molar-refractivity contribution in [2.45, 2.75) is 43.6 Å². The van der Waals surface area contributed by atoms with E-state index in [0.29, 0.717) is 25.1 Å². The Labute approximate surface area is 308 Å². The molecule has 16 heteroatoms. The number of nitrogens with zero attached hydrogens (tertiary/aromatic N) is 4. The minimum Gasteiger partial charge on any atom is -0.446 e. The van der Waals surface area contributed by atoms with Crippen molar-refractivity contribution in [3.63, 3.8) is 0 Å². The van der Waals surface area contributed by atoms with Gasteiger partial charge in [-0.1, -0.05) is 48.5 Å². The van der Waals surface area contributed by atoms with Crippen molar-refractivity contribution in [2.24, 2.45) is 5.92 Å². The number of hydrogen-bond donors (Lipinski definition) is 2. The van der Waals surface area contributed by atoms with Gasteiger partial charge >= 0.3 is 6.09 Å². The second-order valence-electron chi connectivity index (χ2n) is 13.1. The summed E-state index contributed by atoms with van der Waals surface area (Å²) >= 11 is 0. The van der Waals surface area contributed by atoms with Crippen LogP contribution in [0.25, 0.3) is 11.3 Å². The molecule has 0 bridgehead atoms. The van der Waals surface area contributed by atoms with Gasteiger partial charge in [0, 0.05) is 49.1 Å². The van der Waals surface area contributed by atoms with Crippen molar-refractivity contribution in [1.82, 2.24) is 19.9 Å². The Morgan fingerprint density at radius 2 is 1.70 bits per heavy atom. The van der Waals surface area contributed by atoms with E-state index in [4.69, 9.17) is 9.47 Å². The van der Waals surface area contributed by atoms with Gasteiger partial charge in [-0.25, -0.2) is 41.3 Å². The summed E-state index contributed by atoms with van der Waals surface area (Å²) in [6.45, 7) is 0.929. The molecule has 0 radical (unpaired) electrons. The maximum atomic E-state index is 15.3. The smallest absolute Gasteiger partial charge is 0.410 e. The second-order valence-corrected chi connectivity index (χ2v) is 14.8. The lowest BCUT2D eigenvalue weighted by atomic mass is 10.1. The first-order valence-electron chi connectivity index (χ1n) is 17.2. The highest BCUT2D eigenvalue weighted by Gasteiger charge is 2.42. The summed E-state index contributed by atoms with van der Waals surface area (Å²) in [6.07, 6.45) is 5.49. The third kappa shape index (κ3) is 8.71. The molecule has 54 heavy (non-hydrogen) atoms. The number of anilines is 2. The number of sulfonamides is 1. The van der Waals surface area contributed by atoms with Crippen molar-refractivity contribution in [2.75, 3.05) is 23.1 Å². The molecule has 280 valence electrons. The summed E-state index contributed by atoms with van der Waals surface area (Å²) < 4.78 is 97.7. The summed E-state index contributed by atoms with van der Waals surface area (Å²) in [5.41, 5.74) is 0.167. The third-order valence-corrected chi connectivity index (χ3v) is 10.3. The maximum Gasteiger partial charge on any atom is 0.410 e. The van der Waals surface area contributed by atoms with Crippen LogP contribution in [0.2, 0.25) is 0 Å². The normalized spacial score (nSPS) is 18.1. The number of carbonyl (C=O) groups excluding carboxylic acids is 1. The zero-order valence-electron chi connectivity index (χ0n) is 28.6. The highest BCUT2D eigenvalue weighted by molar-refractivity contribution is 7.91. The lowest BCUT2D eigenvalue weighted by Crippen LogP contribution is -2.45. The van der Waals surface area contributed by atoms with Gasteiger partial charge in [0.05, 0.1) is 17.0 Å². The first kappa shape index (κ1) is 36.6. The van der Waals surface area contributed by atoms with Gasteiger partial charge in [-0.05, 0) is 55.5 Å². The minimum absolute atomic E-state index is 0.105. The van der Waals surface area contributed by atoms with Gasteiger partial charge in [-0.2, -0.15) is 4.39 Å². The van der Waals surface area contributed by atoms with Crippen molar-refractivity contribution in [1.29, 1.82) is 0 Å². The van der Waals surface area contributed by atoms with E-state index in [0.717, 1.165) is 31.7 Å². The first-order valence-corrected chi connectivity index (χ1v) is 18.8. The lowest BCUT2D eigenvalue weighted by Gasteiger charge is -2.32. The molecular weight excluding hydrogens is 729 g/mol. The summed E-state index contributed by atoms with van der Waals surface area (Å²) in [6, 6.07) is 20.0. The van der Waals surface area contributed by atoms with E-state index in [9.17, 15) is 17.6 Å². The number of piperidine rings is 1. The molecule has 11 nitrogen and oxygen atoms in total. The molecule has 1 aliphatic heterocycles. The summed E-state index contributed by atoms with van der Waals surface area (Å²) in [5.74, 6) is -7.49. The van der Waals surface area contributed by atoms with E-state index >= 15 is 13.2 Å². The zero-order valence-corrected chi connectivity index (χ0v) is 29.4. The second kappa shape index (κ2) is 15.7. The van der Waals surface area contributed by atoms with Crippen LogP contribution < -0.4 is 14.8 Å². The number of halogens is 4. The van der Waals surface area contributed by atoms with E-state index < -0.39 is 50.5 Å². The number of hydrogen-bond acceptors (Lipinski definition) is 9. The van der Waals surface area contributed by atoms with E-state index in [-0.39, 0.29) is 46.9 Å². The van der Waals surface area contributed by atoms with Crippen LogP contribution in [0.5, 0.6) is 11.6 Å². The van der Waals surface area contributed by atoms with Crippen LogP contribution in [-0.4, -0.2) is 59.6 Å². The predicted molar refractivity (Wildman–Crippen MR) is 191 cm³/mol. The van der Waals surface area contributed by atoms with E-state index in [1.807, 2.05) is 18.2 Å².